The second kappa shape index (κ2) is 8.86. The largest absolute Gasteiger partial charge is 0.348 e. The highest BCUT2D eigenvalue weighted by Gasteiger charge is 2.22. The fraction of sp³-hybridized carbons (Fsp3) is 0.733. The van der Waals surface area contributed by atoms with Gasteiger partial charge in [-0.15, -0.1) is 0 Å². The van der Waals surface area contributed by atoms with E-state index in [4.69, 9.17) is 5.73 Å². The zero-order valence-corrected chi connectivity index (χ0v) is 12.2. The van der Waals surface area contributed by atoms with Gasteiger partial charge in [-0.3, -0.25) is 4.79 Å². The summed E-state index contributed by atoms with van der Waals surface area (Å²) in [5.41, 5.74) is 6.95. The van der Waals surface area contributed by atoms with Gasteiger partial charge in [0.25, 0.3) is 0 Å². The van der Waals surface area contributed by atoms with Crippen molar-refractivity contribution in [2.45, 2.75) is 64.8 Å². The highest BCUT2D eigenvalue weighted by Crippen LogP contribution is 2.17. The molecule has 0 aromatic carbocycles. The molecular weight excluding hydrogens is 238 g/mol. The maximum Gasteiger partial charge on any atom is 0.152 e. The van der Waals surface area contributed by atoms with Crippen molar-refractivity contribution in [3.05, 3.63) is 18.2 Å². The molecule has 4 nitrogen and oxygen atoms in total. The Morgan fingerprint density at radius 2 is 2.16 bits per heavy atom. The van der Waals surface area contributed by atoms with Crippen LogP contribution in [0.1, 0.15) is 58.1 Å². The number of hydrogen-bond donors (Lipinski definition) is 2. The maximum atomic E-state index is 12.3. The second-order valence-electron chi connectivity index (χ2n) is 5.24. The number of imidazole rings is 1. The maximum absolute atomic E-state index is 12.3. The SMILES string of the molecule is CCCCCCC(CC)C(=O)[C@H](N)Cc1cnc[nH]1. The van der Waals surface area contributed by atoms with Crippen LogP contribution in [0.15, 0.2) is 12.5 Å². The van der Waals surface area contributed by atoms with E-state index < -0.39 is 6.04 Å². The topological polar surface area (TPSA) is 71.8 Å². The van der Waals surface area contributed by atoms with Crippen LogP contribution < -0.4 is 5.73 Å². The molecule has 0 aliphatic carbocycles. The number of nitrogens with zero attached hydrogens (tertiary/aromatic N) is 1. The molecule has 1 aromatic rings. The molecule has 2 atom stereocenters. The number of H-pyrrole nitrogens is 1. The molecule has 0 aliphatic rings. The molecule has 0 radical (unpaired) electrons. The lowest BCUT2D eigenvalue weighted by molar-refractivity contribution is -0.124. The van der Waals surface area contributed by atoms with Gasteiger partial charge in [-0.25, -0.2) is 4.98 Å². The van der Waals surface area contributed by atoms with E-state index in [2.05, 4.69) is 23.8 Å². The van der Waals surface area contributed by atoms with E-state index in [-0.39, 0.29) is 11.7 Å². The Balaban J connectivity index is 2.38. The van der Waals surface area contributed by atoms with E-state index in [1.807, 2.05) is 0 Å². The van der Waals surface area contributed by atoms with Gasteiger partial charge in [0, 0.05) is 24.2 Å². The number of unbranched alkanes of at least 4 members (excludes halogenated alkanes) is 3. The minimum absolute atomic E-state index is 0.120. The molecule has 1 heterocycles. The van der Waals surface area contributed by atoms with E-state index in [1.165, 1.54) is 19.3 Å². The molecule has 1 rings (SSSR count). The first-order valence-corrected chi connectivity index (χ1v) is 7.45. The Labute approximate surface area is 116 Å². The van der Waals surface area contributed by atoms with Crippen LogP contribution >= 0.6 is 0 Å². The van der Waals surface area contributed by atoms with Gasteiger partial charge in [0.2, 0.25) is 0 Å². The molecular formula is C15H27N3O. The number of nitrogens with two attached hydrogens (primary N) is 1. The van der Waals surface area contributed by atoms with Gasteiger partial charge in [0.15, 0.2) is 5.78 Å². The molecule has 0 saturated heterocycles. The molecule has 4 heteroatoms. The lowest BCUT2D eigenvalue weighted by Gasteiger charge is -2.18. The third-order valence-corrected chi connectivity index (χ3v) is 3.66. The minimum atomic E-state index is -0.406. The van der Waals surface area contributed by atoms with Crippen molar-refractivity contribution in [3.63, 3.8) is 0 Å². The first-order valence-electron chi connectivity index (χ1n) is 7.45. The van der Waals surface area contributed by atoms with Gasteiger partial charge in [-0.05, 0) is 12.8 Å². The first kappa shape index (κ1) is 15.9. The normalized spacial score (nSPS) is 14.3. The summed E-state index contributed by atoms with van der Waals surface area (Å²) in [6.07, 6.45) is 10.6. The second-order valence-corrected chi connectivity index (χ2v) is 5.24. The fourth-order valence-corrected chi connectivity index (χ4v) is 2.40. The third kappa shape index (κ3) is 5.55. The van der Waals surface area contributed by atoms with Gasteiger partial charge < -0.3 is 10.7 Å². The van der Waals surface area contributed by atoms with Crippen LogP contribution in [0.2, 0.25) is 0 Å². The number of hydrogen-bond acceptors (Lipinski definition) is 3. The zero-order valence-electron chi connectivity index (χ0n) is 12.2. The van der Waals surface area contributed by atoms with Crippen LogP contribution in [0.25, 0.3) is 0 Å². The smallest absolute Gasteiger partial charge is 0.152 e. The number of carbonyl (C=O) groups is 1. The van der Waals surface area contributed by atoms with Gasteiger partial charge in [-0.2, -0.15) is 0 Å². The van der Waals surface area contributed by atoms with Crippen molar-refractivity contribution < 1.29 is 4.79 Å². The number of Topliss-reactive ketones (excluding diaryl/α,β-unsaturated/α-hetero) is 1. The molecule has 0 saturated carbocycles. The Morgan fingerprint density at radius 3 is 2.74 bits per heavy atom. The summed E-state index contributed by atoms with van der Waals surface area (Å²) in [6.45, 7) is 4.27. The molecule has 0 spiro atoms. The quantitative estimate of drug-likeness (QED) is 0.639. The summed E-state index contributed by atoms with van der Waals surface area (Å²) in [4.78, 5) is 19.2. The average Bonchev–Trinajstić information content (AvgIpc) is 2.91. The Kier molecular flexibility index (Phi) is 7.41. The number of nitrogens with one attached hydrogen (secondary N) is 1. The summed E-state index contributed by atoms with van der Waals surface area (Å²) in [5.74, 6) is 0.323. The van der Waals surface area contributed by atoms with E-state index in [0.717, 1.165) is 25.0 Å². The summed E-state index contributed by atoms with van der Waals surface area (Å²) >= 11 is 0. The molecule has 108 valence electrons. The lowest BCUT2D eigenvalue weighted by Crippen LogP contribution is -2.37. The third-order valence-electron chi connectivity index (χ3n) is 3.66. The Bertz CT molecular complexity index is 348. The van der Waals surface area contributed by atoms with Gasteiger partial charge in [-0.1, -0.05) is 39.5 Å². The van der Waals surface area contributed by atoms with Crippen LogP contribution in [-0.4, -0.2) is 21.8 Å². The van der Waals surface area contributed by atoms with Crippen LogP contribution in [0.3, 0.4) is 0 Å². The van der Waals surface area contributed by atoms with Crippen molar-refractivity contribution in [1.29, 1.82) is 0 Å². The Hall–Kier alpha value is -1.16. The van der Waals surface area contributed by atoms with E-state index in [0.29, 0.717) is 6.42 Å². The number of ketones is 1. The molecule has 19 heavy (non-hydrogen) atoms. The molecule has 0 aliphatic heterocycles. The summed E-state index contributed by atoms with van der Waals surface area (Å²) < 4.78 is 0. The van der Waals surface area contributed by atoms with E-state index in [9.17, 15) is 4.79 Å². The standard InChI is InChI=1S/C15H27N3O/c1-3-5-6-7-8-12(4-2)15(19)14(16)9-13-10-17-11-18-13/h10-12,14H,3-9,16H2,1-2H3,(H,17,18)/t12?,14-/m1/s1. The predicted molar refractivity (Wildman–Crippen MR) is 77.8 cm³/mol. The number of aromatic amines is 1. The molecule has 3 N–H and O–H groups in total. The van der Waals surface area contributed by atoms with E-state index in [1.54, 1.807) is 12.5 Å². The van der Waals surface area contributed by atoms with Crippen molar-refractivity contribution in [1.82, 2.24) is 9.97 Å². The molecule has 0 fully saturated rings. The highest BCUT2D eigenvalue weighted by molar-refractivity contribution is 5.86. The lowest BCUT2D eigenvalue weighted by atomic mass is 9.89. The van der Waals surface area contributed by atoms with Gasteiger partial charge in [0.05, 0.1) is 12.4 Å². The van der Waals surface area contributed by atoms with Crippen molar-refractivity contribution in [2.24, 2.45) is 11.7 Å². The summed E-state index contributed by atoms with van der Waals surface area (Å²) in [6, 6.07) is -0.406. The molecule has 0 amide bonds. The fourth-order valence-electron chi connectivity index (χ4n) is 2.40. The van der Waals surface area contributed by atoms with Crippen LogP contribution in [-0.2, 0) is 11.2 Å². The van der Waals surface area contributed by atoms with Crippen LogP contribution in [0.5, 0.6) is 0 Å². The van der Waals surface area contributed by atoms with Gasteiger partial charge in [0.1, 0.15) is 0 Å². The zero-order chi connectivity index (χ0) is 14.1. The number of aromatic nitrogens is 2. The minimum Gasteiger partial charge on any atom is -0.348 e. The summed E-state index contributed by atoms with van der Waals surface area (Å²) in [5, 5.41) is 0. The summed E-state index contributed by atoms with van der Waals surface area (Å²) in [7, 11) is 0. The number of carbonyl (C=O) groups excluding carboxylic acids is 1. The average molecular weight is 265 g/mol. The molecule has 1 aromatic heterocycles. The van der Waals surface area contributed by atoms with Crippen LogP contribution in [0, 0.1) is 5.92 Å². The molecule has 1 unspecified atom stereocenters. The van der Waals surface area contributed by atoms with Crippen molar-refractivity contribution in [2.75, 3.05) is 0 Å². The Morgan fingerprint density at radius 1 is 1.37 bits per heavy atom. The first-order chi connectivity index (χ1) is 9.19. The highest BCUT2D eigenvalue weighted by atomic mass is 16.1. The number of rotatable bonds is 10. The van der Waals surface area contributed by atoms with Crippen molar-refractivity contribution in [3.8, 4) is 0 Å². The molecule has 0 bridgehead atoms. The predicted octanol–water partition coefficient (Wildman–Crippen LogP) is 2.85. The monoisotopic (exact) mass is 265 g/mol. The van der Waals surface area contributed by atoms with Gasteiger partial charge >= 0.3 is 0 Å². The van der Waals surface area contributed by atoms with Crippen molar-refractivity contribution >= 4 is 5.78 Å². The van der Waals surface area contributed by atoms with Crippen LogP contribution in [0.4, 0.5) is 0 Å². The van der Waals surface area contributed by atoms with E-state index >= 15 is 0 Å².